The molecule has 1 aliphatic heterocycles. The first-order valence-electron chi connectivity index (χ1n) is 6.36. The quantitative estimate of drug-likeness (QED) is 0.596. The molecule has 0 atom stereocenters. The summed E-state index contributed by atoms with van der Waals surface area (Å²) in [5, 5.41) is 0.287. The third-order valence-corrected chi connectivity index (χ3v) is 3.40. The topological polar surface area (TPSA) is 51.1 Å². The summed E-state index contributed by atoms with van der Waals surface area (Å²) < 4.78 is 10.4. The molecule has 0 fully saturated rings. The predicted octanol–water partition coefficient (Wildman–Crippen LogP) is 2.00. The van der Waals surface area contributed by atoms with Gasteiger partial charge in [-0.15, -0.1) is 6.58 Å². The molecule has 1 amide bonds. The van der Waals surface area contributed by atoms with E-state index in [9.17, 15) is 4.79 Å². The summed E-state index contributed by atoms with van der Waals surface area (Å²) in [5.74, 6) is 1.09. The lowest BCUT2D eigenvalue weighted by atomic mass is 10.1. The molecule has 5 nitrogen and oxygen atoms in total. The molecule has 0 saturated heterocycles. The molecule has 0 N–H and O–H groups in total. The first-order chi connectivity index (χ1) is 10.1. The largest absolute Gasteiger partial charge is 0.493 e. The van der Waals surface area contributed by atoms with Crippen molar-refractivity contribution in [3.05, 3.63) is 36.4 Å². The highest BCUT2D eigenvalue weighted by molar-refractivity contribution is 7.80. The Kier molecular flexibility index (Phi) is 4.70. The lowest BCUT2D eigenvalue weighted by molar-refractivity contribution is -0.119. The van der Waals surface area contributed by atoms with E-state index in [-0.39, 0.29) is 11.0 Å². The highest BCUT2D eigenvalue weighted by Gasteiger charge is 2.29. The predicted molar refractivity (Wildman–Crippen MR) is 85.2 cm³/mol. The average molecular weight is 304 g/mol. The van der Waals surface area contributed by atoms with Crippen LogP contribution < -0.4 is 9.47 Å². The number of benzene rings is 1. The van der Waals surface area contributed by atoms with Gasteiger partial charge in [-0.25, -0.2) is 4.99 Å². The summed E-state index contributed by atoms with van der Waals surface area (Å²) in [5.41, 5.74) is 1.33. The molecule has 2 rings (SSSR count). The molecule has 0 saturated carbocycles. The Morgan fingerprint density at radius 3 is 2.67 bits per heavy atom. The molecule has 0 bridgehead atoms. The Morgan fingerprint density at radius 2 is 2.05 bits per heavy atom. The van der Waals surface area contributed by atoms with Crippen molar-refractivity contribution in [3.63, 3.8) is 0 Å². The normalized spacial score (nSPS) is 14.2. The summed E-state index contributed by atoms with van der Waals surface area (Å²) in [6.07, 6.45) is 2.02. The summed E-state index contributed by atoms with van der Waals surface area (Å²) in [6.45, 7) is 3.98. The van der Waals surface area contributed by atoms with Crippen molar-refractivity contribution in [1.29, 1.82) is 0 Å². The summed E-state index contributed by atoms with van der Waals surface area (Å²) in [7, 11) is 3.15. The molecular weight excluding hydrogens is 288 g/mol. The highest BCUT2D eigenvalue weighted by Crippen LogP contribution is 2.28. The van der Waals surface area contributed by atoms with Gasteiger partial charge in [0.25, 0.3) is 5.91 Å². The van der Waals surface area contributed by atoms with Gasteiger partial charge in [-0.05, 0) is 29.9 Å². The fourth-order valence-corrected chi connectivity index (χ4v) is 2.32. The minimum atomic E-state index is -0.172. The fraction of sp³-hybridized carbons (Fsp3) is 0.267. The van der Waals surface area contributed by atoms with Gasteiger partial charge >= 0.3 is 0 Å². The van der Waals surface area contributed by atoms with Crippen LogP contribution in [0.3, 0.4) is 0 Å². The van der Waals surface area contributed by atoms with Gasteiger partial charge in [0.1, 0.15) is 5.71 Å². The number of methoxy groups -OCH3 is 2. The van der Waals surface area contributed by atoms with E-state index in [0.717, 1.165) is 5.56 Å². The van der Waals surface area contributed by atoms with Crippen molar-refractivity contribution in [2.75, 3.05) is 20.8 Å². The van der Waals surface area contributed by atoms with E-state index in [0.29, 0.717) is 30.2 Å². The Bertz CT molecular complexity index is 625. The van der Waals surface area contributed by atoms with Crippen LogP contribution in [0.1, 0.15) is 5.56 Å². The number of carbonyl (C=O) groups is 1. The van der Waals surface area contributed by atoms with Crippen molar-refractivity contribution < 1.29 is 14.3 Å². The van der Waals surface area contributed by atoms with E-state index < -0.39 is 0 Å². The molecule has 0 aliphatic carbocycles. The monoisotopic (exact) mass is 304 g/mol. The Balaban J connectivity index is 2.19. The molecule has 1 aliphatic rings. The third kappa shape index (κ3) is 3.11. The molecular formula is C15H16N2O3S. The number of hydrogen-bond donors (Lipinski definition) is 0. The molecule has 1 aromatic rings. The van der Waals surface area contributed by atoms with Gasteiger partial charge in [-0.1, -0.05) is 12.1 Å². The standard InChI is InChI=1S/C15H16N2O3S/c1-4-7-17-14(18)11(16-15(17)21)8-10-5-6-12(19-2)13(9-10)20-3/h4-6,9H,1,7-8H2,2-3H3. The lowest BCUT2D eigenvalue weighted by Gasteiger charge is -2.12. The van der Waals surface area contributed by atoms with Crippen molar-refractivity contribution in [2.45, 2.75) is 6.42 Å². The van der Waals surface area contributed by atoms with Gasteiger partial charge in [0.15, 0.2) is 11.5 Å². The molecule has 0 unspecified atom stereocenters. The van der Waals surface area contributed by atoms with Crippen molar-refractivity contribution in [3.8, 4) is 11.5 Å². The van der Waals surface area contributed by atoms with Crippen molar-refractivity contribution in [2.24, 2.45) is 4.99 Å². The zero-order chi connectivity index (χ0) is 15.4. The molecule has 0 spiro atoms. The zero-order valence-corrected chi connectivity index (χ0v) is 12.8. The van der Waals surface area contributed by atoms with Gasteiger partial charge in [-0.2, -0.15) is 0 Å². The number of rotatable bonds is 6. The van der Waals surface area contributed by atoms with E-state index in [4.69, 9.17) is 21.7 Å². The van der Waals surface area contributed by atoms with Gasteiger partial charge < -0.3 is 9.47 Å². The van der Waals surface area contributed by atoms with Crippen LogP contribution in [0.4, 0.5) is 0 Å². The molecule has 0 radical (unpaired) electrons. The molecule has 21 heavy (non-hydrogen) atoms. The maximum Gasteiger partial charge on any atom is 0.275 e. The van der Waals surface area contributed by atoms with E-state index in [1.165, 1.54) is 4.90 Å². The maximum absolute atomic E-state index is 12.2. The number of carbonyl (C=O) groups excluding carboxylic acids is 1. The van der Waals surface area contributed by atoms with Crippen LogP contribution in [-0.4, -0.2) is 42.4 Å². The van der Waals surface area contributed by atoms with E-state index >= 15 is 0 Å². The Hall–Kier alpha value is -2.21. The molecule has 110 valence electrons. The number of amides is 1. The Morgan fingerprint density at radius 1 is 1.33 bits per heavy atom. The van der Waals surface area contributed by atoms with Crippen LogP contribution in [0.15, 0.2) is 35.8 Å². The Labute approximate surface area is 128 Å². The molecule has 1 heterocycles. The summed E-state index contributed by atoms with van der Waals surface area (Å²) in [4.78, 5) is 17.8. The smallest absolute Gasteiger partial charge is 0.275 e. The average Bonchev–Trinajstić information content (AvgIpc) is 2.75. The van der Waals surface area contributed by atoms with Crippen LogP contribution in [-0.2, 0) is 11.2 Å². The minimum absolute atomic E-state index is 0.172. The van der Waals surface area contributed by atoms with Crippen LogP contribution in [0, 0.1) is 0 Å². The van der Waals surface area contributed by atoms with Gasteiger partial charge in [0.05, 0.1) is 14.2 Å². The first-order valence-corrected chi connectivity index (χ1v) is 6.76. The summed E-state index contributed by atoms with van der Waals surface area (Å²) in [6, 6.07) is 5.50. The SMILES string of the molecule is C=CCN1C(=O)C(Cc2ccc(OC)c(OC)c2)=NC1=S. The highest BCUT2D eigenvalue weighted by atomic mass is 32.1. The third-order valence-electron chi connectivity index (χ3n) is 3.08. The van der Waals surface area contributed by atoms with Crippen LogP contribution >= 0.6 is 12.2 Å². The first kappa shape index (κ1) is 15.2. The summed E-state index contributed by atoms with van der Waals surface area (Å²) >= 11 is 5.09. The number of aliphatic imine (C=N–C) groups is 1. The maximum atomic E-state index is 12.2. The van der Waals surface area contributed by atoms with Gasteiger partial charge in [0, 0.05) is 13.0 Å². The molecule has 6 heteroatoms. The number of hydrogen-bond acceptors (Lipinski definition) is 4. The second-order valence-electron chi connectivity index (χ2n) is 4.41. The van der Waals surface area contributed by atoms with Crippen LogP contribution in [0.5, 0.6) is 11.5 Å². The van der Waals surface area contributed by atoms with Gasteiger partial charge in [-0.3, -0.25) is 9.69 Å². The lowest BCUT2D eigenvalue weighted by Crippen LogP contribution is -2.33. The second-order valence-corrected chi connectivity index (χ2v) is 4.78. The number of thiocarbonyl (C=S) groups is 1. The second kappa shape index (κ2) is 6.49. The van der Waals surface area contributed by atoms with Crippen molar-refractivity contribution in [1.82, 2.24) is 4.90 Å². The van der Waals surface area contributed by atoms with Crippen molar-refractivity contribution >= 4 is 28.9 Å². The van der Waals surface area contributed by atoms with E-state index in [1.807, 2.05) is 12.1 Å². The van der Waals surface area contributed by atoms with Crippen LogP contribution in [0.25, 0.3) is 0 Å². The fourth-order valence-electron chi connectivity index (χ4n) is 2.06. The van der Waals surface area contributed by atoms with E-state index in [2.05, 4.69) is 11.6 Å². The number of nitrogens with zero attached hydrogens (tertiary/aromatic N) is 2. The molecule has 1 aromatic carbocycles. The minimum Gasteiger partial charge on any atom is -0.493 e. The van der Waals surface area contributed by atoms with Gasteiger partial charge in [0.2, 0.25) is 5.11 Å². The number of ether oxygens (including phenoxy) is 2. The van der Waals surface area contributed by atoms with Crippen LogP contribution in [0.2, 0.25) is 0 Å². The zero-order valence-electron chi connectivity index (χ0n) is 12.0. The molecule has 0 aromatic heterocycles. The van der Waals surface area contributed by atoms with E-state index in [1.54, 1.807) is 26.4 Å².